The molecule has 0 aliphatic heterocycles. The zero-order valence-electron chi connectivity index (χ0n) is 18.6. The number of rotatable bonds is 6. The van der Waals surface area contributed by atoms with E-state index >= 15 is 0 Å². The molecule has 7 nitrogen and oxygen atoms in total. The van der Waals surface area contributed by atoms with E-state index in [-0.39, 0.29) is 0 Å². The first kappa shape index (κ1) is 20.6. The molecule has 1 N–H and O–H groups in total. The highest BCUT2D eigenvalue weighted by molar-refractivity contribution is 5.92. The second kappa shape index (κ2) is 9.04. The van der Waals surface area contributed by atoms with Gasteiger partial charge in [-0.2, -0.15) is 5.10 Å². The van der Waals surface area contributed by atoms with Gasteiger partial charge in [0.25, 0.3) is 0 Å². The Balaban J connectivity index is 1.41. The molecule has 3 aromatic heterocycles. The molecule has 1 aliphatic rings. The summed E-state index contributed by atoms with van der Waals surface area (Å²) in [6.07, 6.45) is 12.2. The van der Waals surface area contributed by atoms with Crippen molar-refractivity contribution in [2.24, 2.45) is 0 Å². The second-order valence-corrected chi connectivity index (χ2v) is 8.58. The lowest BCUT2D eigenvalue weighted by atomic mass is 9.90. The van der Waals surface area contributed by atoms with Gasteiger partial charge in [0.1, 0.15) is 12.1 Å². The minimum absolute atomic E-state index is 0.502. The molecule has 7 heteroatoms. The van der Waals surface area contributed by atoms with Crippen LogP contribution in [-0.2, 0) is 6.54 Å². The molecule has 4 aromatic rings. The molecule has 0 saturated heterocycles. The summed E-state index contributed by atoms with van der Waals surface area (Å²) in [5.41, 5.74) is 4.16. The number of hydrogen-bond acceptors (Lipinski definition) is 6. The first-order chi connectivity index (χ1) is 15.7. The Kier molecular flexibility index (Phi) is 5.81. The fraction of sp³-hybridized carbons (Fsp3) is 0.360. The van der Waals surface area contributed by atoms with Gasteiger partial charge in [0.05, 0.1) is 24.0 Å². The van der Waals surface area contributed by atoms with Crippen LogP contribution in [0.5, 0.6) is 0 Å². The molecule has 0 radical (unpaired) electrons. The van der Waals surface area contributed by atoms with Crippen molar-refractivity contribution >= 4 is 16.7 Å². The molecule has 1 aromatic carbocycles. The first-order valence-electron chi connectivity index (χ1n) is 11.3. The van der Waals surface area contributed by atoms with E-state index in [0.29, 0.717) is 18.6 Å². The number of anilines is 1. The first-order valence-corrected chi connectivity index (χ1v) is 11.3. The SMILES string of the molecule is CNC1CCC(N(C)c2ncnc3ccc(-c4cnn(Cc5ccccn5)c4)cc23)CC1. The predicted octanol–water partition coefficient (Wildman–Crippen LogP) is 3.90. The average molecular weight is 428 g/mol. The Labute approximate surface area is 188 Å². The van der Waals surface area contributed by atoms with Gasteiger partial charge in [-0.15, -0.1) is 0 Å². The summed E-state index contributed by atoms with van der Waals surface area (Å²) < 4.78 is 1.93. The number of fused-ring (bicyclic) bond motifs is 1. The topological polar surface area (TPSA) is 71.8 Å². The largest absolute Gasteiger partial charge is 0.356 e. The van der Waals surface area contributed by atoms with Crippen LogP contribution >= 0.6 is 0 Å². The van der Waals surface area contributed by atoms with E-state index in [1.807, 2.05) is 35.3 Å². The van der Waals surface area contributed by atoms with Crippen LogP contribution in [0.25, 0.3) is 22.0 Å². The standard InChI is InChI=1S/C25H29N7/c1-26-20-7-9-22(10-8-20)31(2)25-23-13-18(6-11-24(23)28-17-29-25)19-14-30-32(15-19)16-21-5-3-4-12-27-21/h3-6,11-15,17,20,22,26H,7-10,16H2,1-2H3. The Morgan fingerprint density at radius 2 is 1.91 bits per heavy atom. The molecule has 3 heterocycles. The van der Waals surface area contributed by atoms with Gasteiger partial charge in [0, 0.05) is 42.5 Å². The van der Waals surface area contributed by atoms with Crippen LogP contribution in [0.2, 0.25) is 0 Å². The lowest BCUT2D eigenvalue weighted by Crippen LogP contribution is -2.40. The molecule has 1 saturated carbocycles. The number of nitrogens with one attached hydrogen (secondary N) is 1. The monoisotopic (exact) mass is 427 g/mol. The van der Waals surface area contributed by atoms with Crippen LogP contribution in [0.3, 0.4) is 0 Å². The summed E-state index contributed by atoms with van der Waals surface area (Å²) >= 11 is 0. The highest BCUT2D eigenvalue weighted by atomic mass is 15.3. The Bertz CT molecular complexity index is 1180. The fourth-order valence-corrected chi connectivity index (χ4v) is 4.69. The molecule has 0 bridgehead atoms. The summed E-state index contributed by atoms with van der Waals surface area (Å²) in [6, 6.07) is 13.5. The van der Waals surface area contributed by atoms with Crippen molar-refractivity contribution in [3.63, 3.8) is 0 Å². The number of pyridine rings is 1. The van der Waals surface area contributed by atoms with Gasteiger partial charge in [-0.05, 0) is 62.6 Å². The predicted molar refractivity (Wildman–Crippen MR) is 128 cm³/mol. The van der Waals surface area contributed by atoms with Crippen molar-refractivity contribution in [2.45, 2.75) is 44.3 Å². The van der Waals surface area contributed by atoms with Gasteiger partial charge in [0.15, 0.2) is 0 Å². The van der Waals surface area contributed by atoms with Gasteiger partial charge in [-0.3, -0.25) is 9.67 Å². The van der Waals surface area contributed by atoms with Crippen molar-refractivity contribution in [3.8, 4) is 11.1 Å². The maximum atomic E-state index is 4.69. The minimum atomic E-state index is 0.502. The molecule has 1 fully saturated rings. The zero-order valence-corrected chi connectivity index (χ0v) is 18.6. The lowest BCUT2D eigenvalue weighted by Gasteiger charge is -2.35. The number of benzene rings is 1. The van der Waals surface area contributed by atoms with E-state index in [2.05, 4.69) is 68.8 Å². The summed E-state index contributed by atoms with van der Waals surface area (Å²) in [5.74, 6) is 1.01. The van der Waals surface area contributed by atoms with Crippen LogP contribution in [0.1, 0.15) is 31.4 Å². The second-order valence-electron chi connectivity index (χ2n) is 8.58. The van der Waals surface area contributed by atoms with Gasteiger partial charge in [-0.1, -0.05) is 12.1 Å². The minimum Gasteiger partial charge on any atom is -0.356 e. The van der Waals surface area contributed by atoms with Crippen LogP contribution in [-0.4, -0.2) is 50.9 Å². The number of hydrogen-bond donors (Lipinski definition) is 1. The van der Waals surface area contributed by atoms with Crippen molar-refractivity contribution in [1.29, 1.82) is 0 Å². The van der Waals surface area contributed by atoms with Crippen LogP contribution in [0.15, 0.2) is 61.3 Å². The highest BCUT2D eigenvalue weighted by Crippen LogP contribution is 2.32. The van der Waals surface area contributed by atoms with Crippen LogP contribution in [0.4, 0.5) is 5.82 Å². The van der Waals surface area contributed by atoms with Crippen molar-refractivity contribution in [1.82, 2.24) is 30.0 Å². The molecular weight excluding hydrogens is 398 g/mol. The van der Waals surface area contributed by atoms with Crippen LogP contribution in [0, 0.1) is 0 Å². The van der Waals surface area contributed by atoms with E-state index in [4.69, 9.17) is 0 Å². The Morgan fingerprint density at radius 3 is 2.69 bits per heavy atom. The van der Waals surface area contributed by atoms with E-state index in [0.717, 1.165) is 33.5 Å². The van der Waals surface area contributed by atoms with Crippen molar-refractivity contribution in [3.05, 3.63) is 67.0 Å². The molecule has 0 amide bonds. The molecule has 0 spiro atoms. The van der Waals surface area contributed by atoms with Crippen LogP contribution < -0.4 is 10.2 Å². The third-order valence-corrected chi connectivity index (χ3v) is 6.62. The lowest BCUT2D eigenvalue weighted by molar-refractivity contribution is 0.351. The van der Waals surface area contributed by atoms with Gasteiger partial charge in [-0.25, -0.2) is 9.97 Å². The number of nitrogens with zero attached hydrogens (tertiary/aromatic N) is 6. The molecule has 1 aliphatic carbocycles. The third-order valence-electron chi connectivity index (χ3n) is 6.62. The van der Waals surface area contributed by atoms with Crippen molar-refractivity contribution < 1.29 is 0 Å². The van der Waals surface area contributed by atoms with Gasteiger partial charge >= 0.3 is 0 Å². The quantitative estimate of drug-likeness (QED) is 0.503. The highest BCUT2D eigenvalue weighted by Gasteiger charge is 2.25. The van der Waals surface area contributed by atoms with Gasteiger partial charge in [0.2, 0.25) is 0 Å². The smallest absolute Gasteiger partial charge is 0.139 e. The summed E-state index contributed by atoms with van der Waals surface area (Å²) in [7, 11) is 4.23. The molecular formula is C25H29N7. The van der Waals surface area contributed by atoms with E-state index in [1.165, 1.54) is 25.7 Å². The Morgan fingerprint density at radius 1 is 1.03 bits per heavy atom. The summed E-state index contributed by atoms with van der Waals surface area (Å²) in [6.45, 7) is 0.654. The molecule has 0 atom stereocenters. The van der Waals surface area contributed by atoms with Gasteiger partial charge < -0.3 is 10.2 Å². The Hall–Kier alpha value is -3.32. The third kappa shape index (κ3) is 4.21. The average Bonchev–Trinajstić information content (AvgIpc) is 3.32. The molecule has 5 rings (SSSR count). The van der Waals surface area contributed by atoms with E-state index < -0.39 is 0 Å². The molecule has 164 valence electrons. The molecule has 0 unspecified atom stereocenters. The zero-order chi connectivity index (χ0) is 21.9. The fourth-order valence-electron chi connectivity index (χ4n) is 4.69. The van der Waals surface area contributed by atoms with E-state index in [1.54, 1.807) is 6.33 Å². The summed E-state index contributed by atoms with van der Waals surface area (Å²) in [5, 5.41) is 9.05. The maximum Gasteiger partial charge on any atom is 0.139 e. The number of aromatic nitrogens is 5. The summed E-state index contributed by atoms with van der Waals surface area (Å²) in [4.78, 5) is 15.9. The van der Waals surface area contributed by atoms with E-state index in [9.17, 15) is 0 Å². The molecule has 32 heavy (non-hydrogen) atoms. The normalized spacial score (nSPS) is 18.7. The van der Waals surface area contributed by atoms with Crippen molar-refractivity contribution in [2.75, 3.05) is 19.0 Å². The maximum absolute atomic E-state index is 4.69.